The fourth-order valence-electron chi connectivity index (χ4n) is 1.79. The monoisotopic (exact) mass is 307 g/mol. The average molecular weight is 308 g/mol. The predicted molar refractivity (Wildman–Crippen MR) is 76.9 cm³/mol. The van der Waals surface area contributed by atoms with Crippen LogP contribution in [-0.2, 0) is 6.54 Å². The Bertz CT molecular complexity index is 523. The van der Waals surface area contributed by atoms with E-state index in [4.69, 9.17) is 0 Å². The highest BCUT2D eigenvalue weighted by molar-refractivity contribution is 9.10. The molecule has 0 aromatic heterocycles. The van der Waals surface area contributed by atoms with E-state index >= 15 is 0 Å². The van der Waals surface area contributed by atoms with E-state index in [1.54, 1.807) is 12.1 Å². The zero-order valence-electron chi connectivity index (χ0n) is 10.2. The molecular weight excluding hydrogens is 293 g/mol. The summed E-state index contributed by atoms with van der Waals surface area (Å²) < 4.78 is 14.6. The van der Waals surface area contributed by atoms with Gasteiger partial charge in [0.15, 0.2) is 0 Å². The lowest BCUT2D eigenvalue weighted by Gasteiger charge is -2.06. The third kappa shape index (κ3) is 3.18. The van der Waals surface area contributed by atoms with Crippen LogP contribution in [0, 0.1) is 5.82 Å². The summed E-state index contributed by atoms with van der Waals surface area (Å²) in [5.74, 6) is -0.197. The standard InChI is InChI=1S/C15H15BrFN/c1-2-18-10-11-3-5-12(6-4-11)14-9-13(16)7-8-15(14)17/h3-9,18H,2,10H2,1H3. The van der Waals surface area contributed by atoms with Crippen LogP contribution in [-0.4, -0.2) is 6.54 Å². The molecule has 0 spiro atoms. The van der Waals surface area contributed by atoms with Gasteiger partial charge in [-0.1, -0.05) is 47.1 Å². The highest BCUT2D eigenvalue weighted by Crippen LogP contribution is 2.26. The Labute approximate surface area is 115 Å². The highest BCUT2D eigenvalue weighted by Gasteiger charge is 2.05. The van der Waals surface area contributed by atoms with Gasteiger partial charge in [-0.25, -0.2) is 4.39 Å². The molecule has 0 heterocycles. The second-order valence-corrected chi connectivity index (χ2v) is 5.02. The SMILES string of the molecule is CCNCc1ccc(-c2cc(Br)ccc2F)cc1. The first kappa shape index (κ1) is 13.2. The molecule has 2 aromatic carbocycles. The van der Waals surface area contributed by atoms with E-state index in [-0.39, 0.29) is 5.82 Å². The Morgan fingerprint density at radius 1 is 1.11 bits per heavy atom. The summed E-state index contributed by atoms with van der Waals surface area (Å²) in [5, 5.41) is 3.26. The molecule has 0 aliphatic heterocycles. The second-order valence-electron chi connectivity index (χ2n) is 4.10. The Morgan fingerprint density at radius 3 is 2.50 bits per heavy atom. The molecule has 0 amide bonds. The largest absolute Gasteiger partial charge is 0.313 e. The molecule has 0 saturated carbocycles. The molecule has 2 rings (SSSR count). The van der Waals surface area contributed by atoms with Gasteiger partial charge in [-0.3, -0.25) is 0 Å². The quantitative estimate of drug-likeness (QED) is 0.884. The van der Waals surface area contributed by atoms with E-state index in [1.165, 1.54) is 11.6 Å². The molecule has 0 saturated heterocycles. The minimum absolute atomic E-state index is 0.197. The van der Waals surface area contributed by atoms with Gasteiger partial charge in [0.05, 0.1) is 0 Å². The van der Waals surface area contributed by atoms with Crippen molar-refractivity contribution < 1.29 is 4.39 Å². The lowest BCUT2D eigenvalue weighted by molar-refractivity contribution is 0.631. The van der Waals surface area contributed by atoms with Gasteiger partial charge >= 0.3 is 0 Å². The number of benzene rings is 2. The van der Waals surface area contributed by atoms with Crippen LogP contribution in [0.4, 0.5) is 4.39 Å². The first-order valence-electron chi connectivity index (χ1n) is 5.96. The van der Waals surface area contributed by atoms with Crippen LogP contribution < -0.4 is 5.32 Å². The van der Waals surface area contributed by atoms with E-state index in [9.17, 15) is 4.39 Å². The van der Waals surface area contributed by atoms with E-state index in [0.717, 1.165) is 23.1 Å². The number of hydrogen-bond acceptors (Lipinski definition) is 1. The van der Waals surface area contributed by atoms with Crippen molar-refractivity contribution in [3.63, 3.8) is 0 Å². The van der Waals surface area contributed by atoms with Crippen molar-refractivity contribution in [3.8, 4) is 11.1 Å². The molecule has 0 unspecified atom stereocenters. The van der Waals surface area contributed by atoms with Gasteiger partial charge in [0.25, 0.3) is 0 Å². The van der Waals surface area contributed by atoms with Gasteiger partial charge < -0.3 is 5.32 Å². The van der Waals surface area contributed by atoms with Gasteiger partial charge in [-0.15, -0.1) is 0 Å². The molecule has 0 fully saturated rings. The Morgan fingerprint density at radius 2 is 1.83 bits per heavy atom. The zero-order chi connectivity index (χ0) is 13.0. The predicted octanol–water partition coefficient (Wildman–Crippen LogP) is 4.36. The topological polar surface area (TPSA) is 12.0 Å². The first-order valence-corrected chi connectivity index (χ1v) is 6.75. The molecule has 0 radical (unpaired) electrons. The van der Waals surface area contributed by atoms with Crippen LogP contribution in [0.5, 0.6) is 0 Å². The van der Waals surface area contributed by atoms with Crippen molar-refractivity contribution in [1.29, 1.82) is 0 Å². The van der Waals surface area contributed by atoms with Crippen molar-refractivity contribution in [2.45, 2.75) is 13.5 Å². The zero-order valence-corrected chi connectivity index (χ0v) is 11.8. The molecule has 94 valence electrons. The molecule has 18 heavy (non-hydrogen) atoms. The van der Waals surface area contributed by atoms with Gasteiger partial charge in [0.2, 0.25) is 0 Å². The molecule has 0 atom stereocenters. The van der Waals surface area contributed by atoms with Gasteiger partial charge in [-0.05, 0) is 35.9 Å². The van der Waals surface area contributed by atoms with Gasteiger partial charge in [-0.2, -0.15) is 0 Å². The maximum atomic E-state index is 13.7. The summed E-state index contributed by atoms with van der Waals surface area (Å²) in [6, 6.07) is 12.9. The lowest BCUT2D eigenvalue weighted by Crippen LogP contribution is -2.11. The molecule has 1 nitrogen and oxygen atoms in total. The van der Waals surface area contributed by atoms with Crippen molar-refractivity contribution in [3.05, 3.63) is 58.3 Å². The van der Waals surface area contributed by atoms with Crippen LogP contribution in [0.1, 0.15) is 12.5 Å². The van der Waals surface area contributed by atoms with Crippen molar-refractivity contribution in [2.75, 3.05) is 6.54 Å². The maximum absolute atomic E-state index is 13.7. The van der Waals surface area contributed by atoms with Crippen molar-refractivity contribution in [1.82, 2.24) is 5.32 Å². The summed E-state index contributed by atoms with van der Waals surface area (Å²) >= 11 is 3.37. The molecule has 0 aliphatic carbocycles. The van der Waals surface area contributed by atoms with E-state index < -0.39 is 0 Å². The summed E-state index contributed by atoms with van der Waals surface area (Å²) in [7, 11) is 0. The molecular formula is C15H15BrFN. The third-order valence-corrected chi connectivity index (χ3v) is 3.27. The van der Waals surface area contributed by atoms with Crippen LogP contribution in [0.15, 0.2) is 46.9 Å². The highest BCUT2D eigenvalue weighted by atomic mass is 79.9. The maximum Gasteiger partial charge on any atom is 0.131 e. The number of nitrogens with one attached hydrogen (secondary N) is 1. The fraction of sp³-hybridized carbons (Fsp3) is 0.200. The van der Waals surface area contributed by atoms with Crippen molar-refractivity contribution in [2.24, 2.45) is 0 Å². The van der Waals surface area contributed by atoms with Crippen LogP contribution in [0.25, 0.3) is 11.1 Å². The summed E-state index contributed by atoms with van der Waals surface area (Å²) in [6.45, 7) is 3.87. The van der Waals surface area contributed by atoms with E-state index in [0.29, 0.717) is 5.56 Å². The second kappa shape index (κ2) is 6.12. The molecule has 0 aliphatic rings. The van der Waals surface area contributed by atoms with Crippen LogP contribution >= 0.6 is 15.9 Å². The normalized spacial score (nSPS) is 10.6. The third-order valence-electron chi connectivity index (χ3n) is 2.77. The summed E-state index contributed by atoms with van der Waals surface area (Å²) in [6.07, 6.45) is 0. The van der Waals surface area contributed by atoms with E-state index in [2.05, 4.69) is 28.2 Å². The first-order chi connectivity index (χ1) is 8.70. The minimum atomic E-state index is -0.197. The van der Waals surface area contributed by atoms with Crippen molar-refractivity contribution >= 4 is 15.9 Å². The fourth-order valence-corrected chi connectivity index (χ4v) is 2.15. The minimum Gasteiger partial charge on any atom is -0.313 e. The number of rotatable bonds is 4. The Hall–Kier alpha value is -1.19. The van der Waals surface area contributed by atoms with E-state index in [1.807, 2.05) is 24.3 Å². The van der Waals surface area contributed by atoms with Gasteiger partial charge in [0, 0.05) is 16.6 Å². The number of hydrogen-bond donors (Lipinski definition) is 1. The summed E-state index contributed by atoms with van der Waals surface area (Å²) in [5.41, 5.74) is 2.73. The average Bonchev–Trinajstić information content (AvgIpc) is 2.40. The van der Waals surface area contributed by atoms with Gasteiger partial charge in [0.1, 0.15) is 5.82 Å². The molecule has 3 heteroatoms. The summed E-state index contributed by atoms with van der Waals surface area (Å²) in [4.78, 5) is 0. The molecule has 1 N–H and O–H groups in total. The molecule has 0 bridgehead atoms. The Balaban J connectivity index is 2.25. The molecule has 2 aromatic rings. The van der Waals surface area contributed by atoms with Crippen LogP contribution in [0.3, 0.4) is 0 Å². The smallest absolute Gasteiger partial charge is 0.131 e. The van der Waals surface area contributed by atoms with Crippen LogP contribution in [0.2, 0.25) is 0 Å². The lowest BCUT2D eigenvalue weighted by atomic mass is 10.0. The number of halogens is 2. The Kier molecular flexibility index (Phi) is 4.50.